The van der Waals surface area contributed by atoms with E-state index in [2.05, 4.69) is 6.08 Å². The molecule has 0 aromatic carbocycles. The molecule has 1 aliphatic rings. The summed E-state index contributed by atoms with van der Waals surface area (Å²) in [6.07, 6.45) is 3.94. The Hall–Kier alpha value is -1.25. The van der Waals surface area contributed by atoms with Crippen LogP contribution in [0.2, 0.25) is 0 Å². The van der Waals surface area contributed by atoms with Crippen molar-refractivity contribution in [2.75, 3.05) is 13.1 Å². The highest BCUT2D eigenvalue weighted by Gasteiger charge is 2.09. The van der Waals surface area contributed by atoms with Crippen LogP contribution in [0.25, 0.3) is 0 Å². The largest absolute Gasteiger partial charge is 0.480 e. The number of hydrogen-bond acceptors (Lipinski definition) is 2. The number of nitrogens with zero attached hydrogens (tertiary/aromatic N) is 1. The van der Waals surface area contributed by atoms with E-state index in [1.807, 2.05) is 20.0 Å². The van der Waals surface area contributed by atoms with E-state index in [1.54, 1.807) is 4.90 Å². The molecule has 0 unspecified atom stereocenters. The summed E-state index contributed by atoms with van der Waals surface area (Å²) in [5.41, 5.74) is 2.32. The molecule has 0 saturated carbocycles. The highest BCUT2D eigenvalue weighted by Crippen LogP contribution is 2.11. The Bertz CT molecular complexity index is 251. The number of aliphatic carboxylic acids is 1. The van der Waals surface area contributed by atoms with Crippen molar-refractivity contribution < 1.29 is 9.90 Å². The number of carbonyl (C=O) groups is 1. The van der Waals surface area contributed by atoms with Crippen LogP contribution >= 0.6 is 0 Å². The highest BCUT2D eigenvalue weighted by molar-refractivity contribution is 5.69. The van der Waals surface area contributed by atoms with Gasteiger partial charge in [0.05, 0.1) is 0 Å². The van der Waals surface area contributed by atoms with Gasteiger partial charge in [-0.1, -0.05) is 11.6 Å². The maximum atomic E-state index is 10.4. The van der Waals surface area contributed by atoms with E-state index in [9.17, 15) is 4.79 Å². The Morgan fingerprint density at radius 3 is 2.83 bits per heavy atom. The monoisotopic (exact) mass is 167 g/mol. The first-order valence-corrected chi connectivity index (χ1v) is 3.89. The molecule has 0 fully saturated rings. The van der Waals surface area contributed by atoms with Crippen molar-refractivity contribution in [1.82, 2.24) is 4.90 Å². The standard InChI is InChI=1S/C9H13NO2/c1-7-3-8(2)5-10(4-7)6-9(11)12/h3-4H,5-6H2,1-2H3,(H,11,12). The summed E-state index contributed by atoms with van der Waals surface area (Å²) in [6, 6.07) is 0. The lowest BCUT2D eigenvalue weighted by atomic mass is 10.1. The van der Waals surface area contributed by atoms with Crippen LogP contribution in [0.4, 0.5) is 0 Å². The second-order valence-corrected chi connectivity index (χ2v) is 3.16. The van der Waals surface area contributed by atoms with Gasteiger partial charge in [-0.2, -0.15) is 0 Å². The van der Waals surface area contributed by atoms with Crippen LogP contribution in [0, 0.1) is 0 Å². The van der Waals surface area contributed by atoms with Gasteiger partial charge in [0.1, 0.15) is 6.54 Å². The van der Waals surface area contributed by atoms with Crippen molar-refractivity contribution in [3.63, 3.8) is 0 Å². The molecule has 0 bridgehead atoms. The summed E-state index contributed by atoms with van der Waals surface area (Å²) < 4.78 is 0. The molecule has 0 aromatic heterocycles. The minimum atomic E-state index is -0.784. The van der Waals surface area contributed by atoms with E-state index in [-0.39, 0.29) is 6.54 Å². The van der Waals surface area contributed by atoms with E-state index in [4.69, 9.17) is 5.11 Å². The molecule has 0 radical (unpaired) electrons. The summed E-state index contributed by atoms with van der Waals surface area (Å²) >= 11 is 0. The van der Waals surface area contributed by atoms with Gasteiger partial charge in [-0.15, -0.1) is 0 Å². The first kappa shape index (κ1) is 8.84. The lowest BCUT2D eigenvalue weighted by Gasteiger charge is -2.22. The third-order valence-corrected chi connectivity index (χ3v) is 1.65. The van der Waals surface area contributed by atoms with Gasteiger partial charge in [0, 0.05) is 12.7 Å². The highest BCUT2D eigenvalue weighted by atomic mass is 16.4. The van der Waals surface area contributed by atoms with Crippen molar-refractivity contribution in [1.29, 1.82) is 0 Å². The van der Waals surface area contributed by atoms with Crippen LogP contribution in [-0.4, -0.2) is 29.1 Å². The Balaban J connectivity index is 2.61. The minimum Gasteiger partial charge on any atom is -0.480 e. The number of rotatable bonds is 2. The molecule has 66 valence electrons. The van der Waals surface area contributed by atoms with E-state index >= 15 is 0 Å². The lowest BCUT2D eigenvalue weighted by Crippen LogP contribution is -2.28. The number of carboxylic acids is 1. The Morgan fingerprint density at radius 1 is 1.67 bits per heavy atom. The summed E-state index contributed by atoms with van der Waals surface area (Å²) in [5, 5.41) is 8.55. The topological polar surface area (TPSA) is 40.5 Å². The van der Waals surface area contributed by atoms with E-state index in [0.717, 1.165) is 12.1 Å². The van der Waals surface area contributed by atoms with Crippen molar-refractivity contribution in [2.24, 2.45) is 0 Å². The van der Waals surface area contributed by atoms with Gasteiger partial charge >= 0.3 is 5.97 Å². The Kier molecular flexibility index (Phi) is 2.53. The molecular formula is C9H13NO2. The van der Waals surface area contributed by atoms with Gasteiger partial charge in [0.2, 0.25) is 0 Å². The van der Waals surface area contributed by atoms with Crippen LogP contribution < -0.4 is 0 Å². The summed E-state index contributed by atoms with van der Waals surface area (Å²) in [7, 11) is 0. The van der Waals surface area contributed by atoms with Crippen molar-refractivity contribution in [3.8, 4) is 0 Å². The van der Waals surface area contributed by atoms with Crippen LogP contribution in [0.15, 0.2) is 23.4 Å². The average molecular weight is 167 g/mol. The number of allylic oxidation sites excluding steroid dienone is 2. The molecule has 3 heteroatoms. The Morgan fingerprint density at radius 2 is 2.33 bits per heavy atom. The molecule has 1 heterocycles. The molecule has 0 aliphatic carbocycles. The zero-order valence-corrected chi connectivity index (χ0v) is 7.37. The molecule has 1 N–H and O–H groups in total. The molecule has 1 aliphatic heterocycles. The third kappa shape index (κ3) is 2.42. The zero-order valence-electron chi connectivity index (χ0n) is 7.37. The van der Waals surface area contributed by atoms with Crippen LogP contribution in [-0.2, 0) is 4.79 Å². The van der Waals surface area contributed by atoms with Gasteiger partial charge < -0.3 is 10.0 Å². The molecule has 1 rings (SSSR count). The fraction of sp³-hybridized carbons (Fsp3) is 0.444. The summed E-state index contributed by atoms with van der Waals surface area (Å²) in [6.45, 7) is 4.79. The normalized spacial score (nSPS) is 17.0. The van der Waals surface area contributed by atoms with Gasteiger partial charge in [0.15, 0.2) is 0 Å². The number of hydrogen-bond donors (Lipinski definition) is 1. The fourth-order valence-electron chi connectivity index (χ4n) is 1.40. The first-order chi connectivity index (χ1) is 5.58. The lowest BCUT2D eigenvalue weighted by molar-refractivity contribution is -0.137. The predicted molar refractivity (Wildman–Crippen MR) is 46.7 cm³/mol. The zero-order chi connectivity index (χ0) is 9.14. The average Bonchev–Trinajstić information content (AvgIpc) is 1.81. The van der Waals surface area contributed by atoms with Crippen LogP contribution in [0.1, 0.15) is 13.8 Å². The third-order valence-electron chi connectivity index (χ3n) is 1.65. The molecule has 0 aromatic rings. The Labute approximate surface area is 72.0 Å². The second-order valence-electron chi connectivity index (χ2n) is 3.16. The molecular weight excluding hydrogens is 154 g/mol. The molecule has 0 spiro atoms. The predicted octanol–water partition coefficient (Wildman–Crippen LogP) is 1.24. The van der Waals surface area contributed by atoms with Gasteiger partial charge in [-0.25, -0.2) is 0 Å². The molecule has 12 heavy (non-hydrogen) atoms. The molecule has 0 amide bonds. The summed E-state index contributed by atoms with van der Waals surface area (Å²) in [5.74, 6) is -0.784. The first-order valence-electron chi connectivity index (χ1n) is 3.89. The van der Waals surface area contributed by atoms with E-state index in [0.29, 0.717) is 0 Å². The molecule has 3 nitrogen and oxygen atoms in total. The second kappa shape index (κ2) is 3.43. The maximum Gasteiger partial charge on any atom is 0.323 e. The van der Waals surface area contributed by atoms with Gasteiger partial charge in [-0.3, -0.25) is 4.79 Å². The van der Waals surface area contributed by atoms with Crippen LogP contribution in [0.3, 0.4) is 0 Å². The van der Waals surface area contributed by atoms with Crippen molar-refractivity contribution in [3.05, 3.63) is 23.4 Å². The van der Waals surface area contributed by atoms with Crippen molar-refractivity contribution >= 4 is 5.97 Å². The van der Waals surface area contributed by atoms with Crippen LogP contribution in [0.5, 0.6) is 0 Å². The minimum absolute atomic E-state index is 0.0858. The fourth-order valence-corrected chi connectivity index (χ4v) is 1.40. The van der Waals surface area contributed by atoms with E-state index < -0.39 is 5.97 Å². The summed E-state index contributed by atoms with van der Waals surface area (Å²) in [4.78, 5) is 12.2. The SMILES string of the molecule is CC1=CN(CC(=O)O)CC(C)=C1. The molecule has 0 saturated heterocycles. The number of carboxylic acid groups (broad SMARTS) is 1. The molecule has 0 atom stereocenters. The van der Waals surface area contributed by atoms with Gasteiger partial charge in [-0.05, 0) is 19.4 Å². The van der Waals surface area contributed by atoms with E-state index in [1.165, 1.54) is 5.57 Å². The smallest absolute Gasteiger partial charge is 0.323 e. The maximum absolute atomic E-state index is 10.4. The quantitative estimate of drug-likeness (QED) is 0.672. The van der Waals surface area contributed by atoms with Crippen molar-refractivity contribution in [2.45, 2.75) is 13.8 Å². The van der Waals surface area contributed by atoms with Gasteiger partial charge in [0.25, 0.3) is 0 Å².